The summed E-state index contributed by atoms with van der Waals surface area (Å²) >= 11 is 5.99. The van der Waals surface area contributed by atoms with Gasteiger partial charge in [0.2, 0.25) is 5.91 Å². The van der Waals surface area contributed by atoms with Gasteiger partial charge < -0.3 is 11.1 Å². The smallest absolute Gasteiger partial charge is 0.224 e. The first-order valence-electron chi connectivity index (χ1n) is 7.41. The van der Waals surface area contributed by atoms with Crippen LogP contribution in [0.1, 0.15) is 44.1 Å². The summed E-state index contributed by atoms with van der Waals surface area (Å²) in [4.78, 5) is 12.2. The topological polar surface area (TPSA) is 55.1 Å². The summed E-state index contributed by atoms with van der Waals surface area (Å²) in [6, 6.07) is 7.91. The Kier molecular flexibility index (Phi) is 7.50. The second-order valence-electron chi connectivity index (χ2n) is 5.59. The minimum Gasteiger partial charge on any atom is -0.352 e. The van der Waals surface area contributed by atoms with Gasteiger partial charge in [0.15, 0.2) is 0 Å². The van der Waals surface area contributed by atoms with Crippen LogP contribution in [0.15, 0.2) is 24.3 Å². The standard InChI is InChI=1S/C16H23ClN2O.ClH/c1-2-3-7-13(10-18)19-16(20)15-9-14(15)11-5-4-6-12(17)8-11;/h4-6,8,13-15H,2-3,7,9-10,18H2,1H3,(H,19,20);1H. The van der Waals surface area contributed by atoms with Crippen LogP contribution in [0.25, 0.3) is 0 Å². The van der Waals surface area contributed by atoms with Crippen LogP contribution in [0.3, 0.4) is 0 Å². The van der Waals surface area contributed by atoms with E-state index in [9.17, 15) is 4.79 Å². The van der Waals surface area contributed by atoms with Crippen molar-refractivity contribution in [3.63, 3.8) is 0 Å². The minimum absolute atomic E-state index is 0. The van der Waals surface area contributed by atoms with Gasteiger partial charge in [-0.3, -0.25) is 4.79 Å². The van der Waals surface area contributed by atoms with E-state index >= 15 is 0 Å². The molecule has 2 rings (SSSR count). The molecule has 0 radical (unpaired) electrons. The van der Waals surface area contributed by atoms with Gasteiger partial charge in [0.05, 0.1) is 0 Å². The van der Waals surface area contributed by atoms with E-state index in [1.54, 1.807) is 0 Å². The van der Waals surface area contributed by atoms with Gasteiger partial charge in [-0.1, -0.05) is 43.5 Å². The third kappa shape index (κ3) is 5.17. The van der Waals surface area contributed by atoms with E-state index in [4.69, 9.17) is 17.3 Å². The number of benzene rings is 1. The van der Waals surface area contributed by atoms with E-state index in [0.29, 0.717) is 12.5 Å². The van der Waals surface area contributed by atoms with Crippen molar-refractivity contribution in [1.29, 1.82) is 0 Å². The molecule has 1 aliphatic rings. The molecular formula is C16H24Cl2N2O. The number of amides is 1. The van der Waals surface area contributed by atoms with Crippen LogP contribution >= 0.6 is 24.0 Å². The van der Waals surface area contributed by atoms with Gasteiger partial charge in [-0.05, 0) is 36.5 Å². The lowest BCUT2D eigenvalue weighted by molar-refractivity contribution is -0.123. The quantitative estimate of drug-likeness (QED) is 0.803. The second kappa shape index (κ2) is 8.62. The maximum Gasteiger partial charge on any atom is 0.224 e. The van der Waals surface area contributed by atoms with Gasteiger partial charge in [-0.25, -0.2) is 0 Å². The van der Waals surface area contributed by atoms with Crippen molar-refractivity contribution < 1.29 is 4.79 Å². The highest BCUT2D eigenvalue weighted by atomic mass is 35.5. The summed E-state index contributed by atoms with van der Waals surface area (Å²) in [5.41, 5.74) is 6.88. The average molecular weight is 331 g/mol. The zero-order chi connectivity index (χ0) is 14.5. The average Bonchev–Trinajstić information content (AvgIpc) is 3.23. The Labute approximate surface area is 138 Å². The Morgan fingerprint density at radius 3 is 2.90 bits per heavy atom. The van der Waals surface area contributed by atoms with E-state index < -0.39 is 0 Å². The van der Waals surface area contributed by atoms with E-state index in [2.05, 4.69) is 12.2 Å². The SMILES string of the molecule is CCCCC(CN)NC(=O)C1CC1c1cccc(Cl)c1.Cl. The molecule has 0 aliphatic heterocycles. The normalized spacial score (nSPS) is 21.3. The van der Waals surface area contributed by atoms with Gasteiger partial charge in [0.25, 0.3) is 0 Å². The molecule has 0 bridgehead atoms. The summed E-state index contributed by atoms with van der Waals surface area (Å²) in [5.74, 6) is 0.545. The van der Waals surface area contributed by atoms with E-state index in [1.165, 1.54) is 0 Å². The van der Waals surface area contributed by atoms with Crippen LogP contribution < -0.4 is 11.1 Å². The van der Waals surface area contributed by atoms with Crippen molar-refractivity contribution >= 4 is 29.9 Å². The third-order valence-electron chi connectivity index (χ3n) is 3.94. The van der Waals surface area contributed by atoms with Crippen molar-refractivity contribution in [3.05, 3.63) is 34.9 Å². The Balaban J connectivity index is 0.00000220. The summed E-state index contributed by atoms with van der Waals surface area (Å²) in [5, 5.41) is 3.81. The monoisotopic (exact) mass is 330 g/mol. The highest BCUT2D eigenvalue weighted by Crippen LogP contribution is 2.48. The van der Waals surface area contributed by atoms with E-state index in [-0.39, 0.29) is 30.3 Å². The highest BCUT2D eigenvalue weighted by Gasteiger charge is 2.44. The highest BCUT2D eigenvalue weighted by molar-refractivity contribution is 6.30. The number of nitrogens with one attached hydrogen (secondary N) is 1. The molecule has 0 aromatic heterocycles. The molecule has 0 saturated heterocycles. The van der Waals surface area contributed by atoms with Crippen molar-refractivity contribution in [2.75, 3.05) is 6.54 Å². The fourth-order valence-corrected chi connectivity index (χ4v) is 2.80. The molecule has 5 heteroatoms. The van der Waals surface area contributed by atoms with Gasteiger partial charge >= 0.3 is 0 Å². The fraction of sp³-hybridized carbons (Fsp3) is 0.562. The number of carbonyl (C=O) groups is 1. The molecule has 1 fully saturated rings. The number of rotatable bonds is 7. The molecule has 21 heavy (non-hydrogen) atoms. The number of hydrogen-bond donors (Lipinski definition) is 2. The van der Waals surface area contributed by atoms with E-state index in [0.717, 1.165) is 36.3 Å². The maximum absolute atomic E-state index is 12.2. The summed E-state index contributed by atoms with van der Waals surface area (Å²) in [6.45, 7) is 2.66. The molecule has 1 amide bonds. The van der Waals surface area contributed by atoms with Crippen molar-refractivity contribution in [2.45, 2.75) is 44.6 Å². The van der Waals surface area contributed by atoms with Gasteiger partial charge in [0.1, 0.15) is 0 Å². The molecule has 3 nitrogen and oxygen atoms in total. The first-order chi connectivity index (χ1) is 9.65. The predicted molar refractivity (Wildman–Crippen MR) is 90.1 cm³/mol. The molecule has 0 spiro atoms. The molecule has 118 valence electrons. The first kappa shape index (κ1) is 18.3. The van der Waals surface area contributed by atoms with Crippen LogP contribution in [0, 0.1) is 5.92 Å². The summed E-state index contributed by atoms with van der Waals surface area (Å²) < 4.78 is 0. The Morgan fingerprint density at radius 1 is 1.52 bits per heavy atom. The Morgan fingerprint density at radius 2 is 2.29 bits per heavy atom. The lowest BCUT2D eigenvalue weighted by atomic mass is 10.1. The van der Waals surface area contributed by atoms with Crippen LogP contribution in [-0.2, 0) is 4.79 Å². The van der Waals surface area contributed by atoms with Crippen LogP contribution in [0.5, 0.6) is 0 Å². The van der Waals surface area contributed by atoms with Gasteiger partial charge in [0, 0.05) is 23.5 Å². The maximum atomic E-state index is 12.2. The first-order valence-corrected chi connectivity index (χ1v) is 7.79. The predicted octanol–water partition coefficient (Wildman–Crippen LogP) is 3.50. The number of carbonyl (C=O) groups excluding carboxylic acids is 1. The van der Waals surface area contributed by atoms with Crippen LogP contribution in [0.4, 0.5) is 0 Å². The van der Waals surface area contributed by atoms with Crippen molar-refractivity contribution in [2.24, 2.45) is 11.7 Å². The zero-order valence-corrected chi connectivity index (χ0v) is 13.9. The van der Waals surface area contributed by atoms with Crippen molar-refractivity contribution in [1.82, 2.24) is 5.32 Å². The molecule has 0 heterocycles. The summed E-state index contributed by atoms with van der Waals surface area (Å²) in [6.07, 6.45) is 4.11. The van der Waals surface area contributed by atoms with Crippen LogP contribution in [0.2, 0.25) is 5.02 Å². The fourth-order valence-electron chi connectivity index (χ4n) is 2.60. The molecule has 1 aromatic carbocycles. The Bertz CT molecular complexity index is 467. The second-order valence-corrected chi connectivity index (χ2v) is 6.02. The molecule has 1 saturated carbocycles. The number of unbranched alkanes of at least 4 members (excludes halogenated alkanes) is 1. The molecule has 3 unspecified atom stereocenters. The zero-order valence-electron chi connectivity index (χ0n) is 12.3. The molecule has 3 N–H and O–H groups in total. The van der Waals surface area contributed by atoms with E-state index in [1.807, 2.05) is 24.3 Å². The van der Waals surface area contributed by atoms with Gasteiger partial charge in [-0.2, -0.15) is 0 Å². The number of hydrogen-bond acceptors (Lipinski definition) is 2. The lowest BCUT2D eigenvalue weighted by Crippen LogP contribution is -2.41. The summed E-state index contributed by atoms with van der Waals surface area (Å²) in [7, 11) is 0. The Hall–Kier alpha value is -0.770. The third-order valence-corrected chi connectivity index (χ3v) is 4.18. The number of halogens is 2. The lowest BCUT2D eigenvalue weighted by Gasteiger charge is -2.16. The molecule has 3 atom stereocenters. The van der Waals surface area contributed by atoms with Gasteiger partial charge in [-0.15, -0.1) is 12.4 Å². The minimum atomic E-state index is 0. The largest absolute Gasteiger partial charge is 0.352 e. The number of nitrogens with two attached hydrogens (primary N) is 1. The molecule has 1 aliphatic carbocycles. The van der Waals surface area contributed by atoms with Crippen molar-refractivity contribution in [3.8, 4) is 0 Å². The molecule has 1 aromatic rings. The molecular weight excluding hydrogens is 307 g/mol. The van der Waals surface area contributed by atoms with Crippen LogP contribution in [-0.4, -0.2) is 18.5 Å².